The summed E-state index contributed by atoms with van der Waals surface area (Å²) in [5.41, 5.74) is -1.77. The van der Waals surface area contributed by atoms with Crippen LogP contribution in [-0.2, 0) is 18.9 Å². The first-order valence-corrected chi connectivity index (χ1v) is 12.7. The zero-order valence-corrected chi connectivity index (χ0v) is 23.4. The Morgan fingerprint density at radius 2 is 1.08 bits per heavy atom. The third-order valence-corrected chi connectivity index (χ3v) is 5.51. The molecule has 0 aromatic carbocycles. The Morgan fingerprint density at radius 3 is 1.36 bits per heavy atom. The van der Waals surface area contributed by atoms with Crippen LogP contribution in [0, 0.1) is 0 Å². The van der Waals surface area contributed by atoms with E-state index < -0.39 is 23.5 Å². The van der Waals surface area contributed by atoms with Gasteiger partial charge in [0, 0.05) is 50.3 Å². The molecule has 0 saturated carbocycles. The zero-order chi connectivity index (χ0) is 27.3. The van der Waals surface area contributed by atoms with Crippen LogP contribution in [-0.4, -0.2) is 90.5 Å². The molecule has 3 N–H and O–H groups in total. The van der Waals surface area contributed by atoms with Gasteiger partial charge in [-0.2, -0.15) is 0 Å². The van der Waals surface area contributed by atoms with E-state index in [4.69, 9.17) is 14.2 Å². The molecule has 4 rings (SSSR count). The number of hydrogen-bond acceptors (Lipinski definition) is 10. The van der Waals surface area contributed by atoms with Crippen molar-refractivity contribution >= 4 is 18.4 Å². The molecule has 4 saturated heterocycles. The number of carbonyl (C=O) groups excluding carboxylic acids is 3. The number of piperazine rings is 2. The van der Waals surface area contributed by atoms with E-state index in [1.165, 1.54) is 19.5 Å². The minimum atomic E-state index is -1.06. The van der Waals surface area contributed by atoms with Crippen LogP contribution >= 0.6 is 0 Å². The van der Waals surface area contributed by atoms with E-state index in [1.54, 1.807) is 41.5 Å². The number of fused-ring (bicyclic) bond motifs is 4. The van der Waals surface area contributed by atoms with E-state index in [9.17, 15) is 14.4 Å². The van der Waals surface area contributed by atoms with E-state index in [-0.39, 0.29) is 11.7 Å². The van der Waals surface area contributed by atoms with Crippen LogP contribution in [0.15, 0.2) is 0 Å². The Kier molecular flexibility index (Phi) is 10.0. The molecule has 11 heteroatoms. The molecular formula is C25H46N4O7. The fourth-order valence-electron chi connectivity index (χ4n) is 4.15. The number of rotatable bonds is 0. The molecule has 11 nitrogen and oxygen atoms in total. The van der Waals surface area contributed by atoms with E-state index in [1.807, 2.05) is 25.7 Å². The lowest BCUT2D eigenvalue weighted by Crippen LogP contribution is -2.48. The Balaban J connectivity index is 0.000000200. The summed E-state index contributed by atoms with van der Waals surface area (Å²) in [4.78, 5) is 35.6. The second-order valence-electron chi connectivity index (χ2n) is 12.6. The van der Waals surface area contributed by atoms with Gasteiger partial charge in [0.15, 0.2) is 0 Å². The Hall–Kier alpha value is -2.11. The van der Waals surface area contributed by atoms with Crippen LogP contribution in [0.4, 0.5) is 14.4 Å². The first-order valence-electron chi connectivity index (χ1n) is 12.7. The number of nitrogens with one attached hydrogen (secondary N) is 3. The fourth-order valence-corrected chi connectivity index (χ4v) is 4.15. The van der Waals surface area contributed by atoms with Gasteiger partial charge < -0.3 is 39.8 Å². The van der Waals surface area contributed by atoms with Crippen molar-refractivity contribution in [2.75, 3.05) is 26.2 Å². The highest BCUT2D eigenvalue weighted by atomic mass is 16.8. The van der Waals surface area contributed by atoms with Crippen LogP contribution < -0.4 is 16.0 Å². The lowest BCUT2D eigenvalue weighted by Gasteiger charge is -2.30. The van der Waals surface area contributed by atoms with Gasteiger partial charge in [-0.05, 0) is 75.2 Å². The lowest BCUT2D eigenvalue weighted by molar-refractivity contribution is -0.0294. The van der Waals surface area contributed by atoms with Gasteiger partial charge in [-0.25, -0.2) is 14.4 Å². The van der Waals surface area contributed by atoms with Crippen molar-refractivity contribution in [3.05, 3.63) is 0 Å². The molecular weight excluding hydrogens is 468 g/mol. The molecule has 36 heavy (non-hydrogen) atoms. The molecule has 4 aliphatic heterocycles. The Morgan fingerprint density at radius 1 is 0.639 bits per heavy atom. The third kappa shape index (κ3) is 11.3. The standard InChI is InChI=1S/C10H18N2O2.C10H18O5.C5H10N2/c1-10(2,3)14-9(13)12-6-7-4-8(12)5-11-7;1-9(2,3)14-7(11)13-8(12)15-10(4,5)6;1-4-2-6-5(1)3-7-4/h7-8,11H,4-6H2,1-3H3;1-6H3;4-7H,1-3H2. The number of carbonyl (C=O) groups is 3. The van der Waals surface area contributed by atoms with Crippen molar-refractivity contribution in [1.82, 2.24) is 20.9 Å². The van der Waals surface area contributed by atoms with Gasteiger partial charge in [-0.15, -0.1) is 0 Å². The zero-order valence-electron chi connectivity index (χ0n) is 23.4. The average molecular weight is 515 g/mol. The molecule has 4 atom stereocenters. The molecule has 0 radical (unpaired) electrons. The molecule has 1 amide bonds. The largest absolute Gasteiger partial charge is 0.519 e. The van der Waals surface area contributed by atoms with Crippen molar-refractivity contribution in [2.45, 2.75) is 116 Å². The quantitative estimate of drug-likeness (QED) is 0.252. The van der Waals surface area contributed by atoms with E-state index in [0.717, 1.165) is 31.6 Å². The number of nitrogens with zero attached hydrogens (tertiary/aromatic N) is 1. The smallest absolute Gasteiger partial charge is 0.444 e. The molecule has 0 aliphatic carbocycles. The van der Waals surface area contributed by atoms with Gasteiger partial charge in [0.1, 0.15) is 16.8 Å². The fraction of sp³-hybridized carbons (Fsp3) is 0.880. The van der Waals surface area contributed by atoms with Crippen molar-refractivity contribution in [3.63, 3.8) is 0 Å². The number of likely N-dealkylation sites (tertiary alicyclic amines) is 1. The summed E-state index contributed by atoms with van der Waals surface area (Å²) < 4.78 is 19.1. The summed E-state index contributed by atoms with van der Waals surface area (Å²) in [7, 11) is 0. The second-order valence-corrected chi connectivity index (χ2v) is 12.6. The van der Waals surface area contributed by atoms with Crippen molar-refractivity contribution in [1.29, 1.82) is 0 Å². The first kappa shape index (κ1) is 30.1. The van der Waals surface area contributed by atoms with Crippen LogP contribution in [0.25, 0.3) is 0 Å². The third-order valence-electron chi connectivity index (χ3n) is 5.51. The van der Waals surface area contributed by atoms with Crippen LogP contribution in [0.1, 0.15) is 75.2 Å². The molecule has 4 aliphatic rings. The molecule has 0 spiro atoms. The first-order chi connectivity index (χ1) is 16.4. The van der Waals surface area contributed by atoms with Crippen LogP contribution in [0.5, 0.6) is 0 Å². The number of hydrogen-bond donors (Lipinski definition) is 3. The molecule has 0 aromatic heterocycles. The van der Waals surface area contributed by atoms with Crippen LogP contribution in [0.3, 0.4) is 0 Å². The van der Waals surface area contributed by atoms with Gasteiger partial charge in [-0.1, -0.05) is 0 Å². The normalized spacial score (nSPS) is 26.3. The number of amides is 1. The van der Waals surface area contributed by atoms with Crippen molar-refractivity contribution in [3.8, 4) is 0 Å². The monoisotopic (exact) mass is 514 g/mol. The summed E-state index contributed by atoms with van der Waals surface area (Å²) in [6.07, 6.45) is 0.166. The topological polar surface area (TPSA) is 127 Å². The predicted octanol–water partition coefficient (Wildman–Crippen LogP) is 3.16. The summed E-state index contributed by atoms with van der Waals surface area (Å²) >= 11 is 0. The average Bonchev–Trinajstić information content (AvgIpc) is 3.46. The maximum absolute atomic E-state index is 11.7. The Bertz CT molecular complexity index is 726. The summed E-state index contributed by atoms with van der Waals surface area (Å²) in [6.45, 7) is 19.8. The highest BCUT2D eigenvalue weighted by Gasteiger charge is 2.41. The molecule has 4 fully saturated rings. The van der Waals surface area contributed by atoms with Crippen molar-refractivity contribution < 1.29 is 33.3 Å². The summed E-state index contributed by atoms with van der Waals surface area (Å²) in [5, 5.41) is 10.1. The van der Waals surface area contributed by atoms with Gasteiger partial charge in [0.2, 0.25) is 0 Å². The maximum atomic E-state index is 11.7. The molecule has 4 bridgehead atoms. The second kappa shape index (κ2) is 12.0. The van der Waals surface area contributed by atoms with E-state index >= 15 is 0 Å². The summed E-state index contributed by atoms with van der Waals surface area (Å²) in [5.74, 6) is 0. The van der Waals surface area contributed by atoms with Crippen molar-refractivity contribution in [2.24, 2.45) is 0 Å². The lowest BCUT2D eigenvalue weighted by atomic mass is 10.2. The minimum Gasteiger partial charge on any atom is -0.444 e. The summed E-state index contributed by atoms with van der Waals surface area (Å²) in [6, 6.07) is 2.47. The molecule has 4 unspecified atom stereocenters. The van der Waals surface area contributed by atoms with E-state index in [0.29, 0.717) is 12.1 Å². The Labute approximate surface area is 215 Å². The minimum absolute atomic E-state index is 0.161. The highest BCUT2D eigenvalue weighted by molar-refractivity contribution is 5.77. The highest BCUT2D eigenvalue weighted by Crippen LogP contribution is 2.25. The van der Waals surface area contributed by atoms with Gasteiger partial charge >= 0.3 is 18.4 Å². The predicted molar refractivity (Wildman–Crippen MR) is 135 cm³/mol. The van der Waals surface area contributed by atoms with Gasteiger partial charge in [-0.3, -0.25) is 0 Å². The maximum Gasteiger partial charge on any atom is 0.519 e. The van der Waals surface area contributed by atoms with Crippen LogP contribution in [0.2, 0.25) is 0 Å². The number of ether oxygens (including phenoxy) is 4. The van der Waals surface area contributed by atoms with E-state index in [2.05, 4.69) is 20.7 Å². The van der Waals surface area contributed by atoms with Gasteiger partial charge in [0.25, 0.3) is 0 Å². The molecule has 0 aromatic rings. The van der Waals surface area contributed by atoms with Gasteiger partial charge in [0.05, 0.1) is 0 Å². The molecule has 4 heterocycles. The SMILES string of the molecule is C1NC2CNC1C2.CC(C)(C)OC(=O)N1CC2CC1CN2.CC(C)(C)OC(=O)OC(=O)OC(C)(C)C. The molecule has 208 valence electrons.